The zero-order valence-electron chi connectivity index (χ0n) is 10.9. The first kappa shape index (κ1) is 12.4. The minimum absolute atomic E-state index is 0.868. The molecule has 0 unspecified atom stereocenters. The highest BCUT2D eigenvalue weighted by atomic mass is 15.2. The Kier molecular flexibility index (Phi) is 4.37. The first-order valence-corrected chi connectivity index (χ1v) is 6.70. The summed E-state index contributed by atoms with van der Waals surface area (Å²) in [5.41, 5.74) is 1.32. The number of nitrogens with one attached hydrogen (secondary N) is 1. The third-order valence-electron chi connectivity index (χ3n) is 3.52. The van der Waals surface area contributed by atoms with Crippen molar-refractivity contribution in [1.29, 1.82) is 0 Å². The van der Waals surface area contributed by atoms with Crippen LogP contribution in [0.1, 0.15) is 32.3 Å². The second-order valence-corrected chi connectivity index (χ2v) is 4.94. The van der Waals surface area contributed by atoms with Gasteiger partial charge in [-0.15, -0.1) is 0 Å². The fraction of sp³-hybridized carbons (Fsp3) is 0.643. The zero-order valence-corrected chi connectivity index (χ0v) is 10.9. The van der Waals surface area contributed by atoms with Gasteiger partial charge in [0.2, 0.25) is 0 Å². The van der Waals surface area contributed by atoms with Crippen molar-refractivity contribution in [1.82, 2.24) is 10.3 Å². The van der Waals surface area contributed by atoms with Gasteiger partial charge in [0.15, 0.2) is 0 Å². The predicted molar refractivity (Wildman–Crippen MR) is 72.2 cm³/mol. The van der Waals surface area contributed by atoms with Gasteiger partial charge in [-0.3, -0.25) is 0 Å². The largest absolute Gasteiger partial charge is 0.356 e. The summed E-state index contributed by atoms with van der Waals surface area (Å²) >= 11 is 0. The van der Waals surface area contributed by atoms with Crippen molar-refractivity contribution in [2.24, 2.45) is 5.92 Å². The van der Waals surface area contributed by atoms with Gasteiger partial charge in [-0.05, 0) is 31.4 Å². The molecular formula is C14H23N3. The first-order valence-electron chi connectivity index (χ1n) is 6.70. The lowest BCUT2D eigenvalue weighted by molar-refractivity contribution is 0.435. The van der Waals surface area contributed by atoms with E-state index < -0.39 is 0 Å². The summed E-state index contributed by atoms with van der Waals surface area (Å²) in [7, 11) is 0. The predicted octanol–water partition coefficient (Wildman–Crippen LogP) is 2.43. The van der Waals surface area contributed by atoms with E-state index in [-0.39, 0.29) is 0 Å². The van der Waals surface area contributed by atoms with E-state index >= 15 is 0 Å². The van der Waals surface area contributed by atoms with Crippen LogP contribution in [0.4, 0.5) is 5.82 Å². The number of hydrogen-bond donors (Lipinski definition) is 1. The molecule has 3 heteroatoms. The molecule has 0 amide bonds. The van der Waals surface area contributed by atoms with Gasteiger partial charge >= 0.3 is 0 Å². The average Bonchev–Trinajstić information content (AvgIpc) is 2.38. The van der Waals surface area contributed by atoms with E-state index in [9.17, 15) is 0 Å². The standard InChI is InChI=1S/C14H23N3/c1-3-15-11-13-5-4-8-16-14(13)17-9-6-12(2)7-10-17/h4-5,8,12,15H,3,6-7,9-11H2,1-2H3. The molecule has 0 bridgehead atoms. The van der Waals surface area contributed by atoms with Gasteiger partial charge in [0.05, 0.1) is 0 Å². The number of piperidine rings is 1. The van der Waals surface area contributed by atoms with Gasteiger partial charge in [0.25, 0.3) is 0 Å². The number of anilines is 1. The maximum atomic E-state index is 4.57. The molecule has 1 aromatic rings. The van der Waals surface area contributed by atoms with Gasteiger partial charge < -0.3 is 10.2 Å². The number of rotatable bonds is 4. The van der Waals surface area contributed by atoms with E-state index in [1.807, 2.05) is 12.3 Å². The molecule has 1 fully saturated rings. The van der Waals surface area contributed by atoms with Crippen LogP contribution in [0.2, 0.25) is 0 Å². The van der Waals surface area contributed by atoms with Crippen LogP contribution in [0.15, 0.2) is 18.3 Å². The topological polar surface area (TPSA) is 28.2 Å². The Balaban J connectivity index is 2.08. The summed E-state index contributed by atoms with van der Waals surface area (Å²) in [6.45, 7) is 8.71. The molecule has 3 nitrogen and oxygen atoms in total. The second kappa shape index (κ2) is 6.01. The van der Waals surface area contributed by atoms with Crippen molar-refractivity contribution in [3.8, 4) is 0 Å². The van der Waals surface area contributed by atoms with E-state index in [0.29, 0.717) is 0 Å². The van der Waals surface area contributed by atoms with Crippen molar-refractivity contribution in [2.75, 3.05) is 24.5 Å². The van der Waals surface area contributed by atoms with Crippen LogP contribution >= 0.6 is 0 Å². The zero-order chi connectivity index (χ0) is 12.1. The summed E-state index contributed by atoms with van der Waals surface area (Å²) in [6, 6.07) is 4.21. The molecule has 0 spiro atoms. The van der Waals surface area contributed by atoms with Gasteiger partial charge in [0, 0.05) is 31.4 Å². The SMILES string of the molecule is CCNCc1cccnc1N1CCC(C)CC1. The summed E-state index contributed by atoms with van der Waals surface area (Å²) in [4.78, 5) is 7.00. The highest BCUT2D eigenvalue weighted by Crippen LogP contribution is 2.23. The molecule has 1 saturated heterocycles. The van der Waals surface area contributed by atoms with Crippen molar-refractivity contribution in [3.05, 3.63) is 23.9 Å². The van der Waals surface area contributed by atoms with E-state index in [0.717, 1.165) is 32.1 Å². The Bertz CT molecular complexity index is 343. The molecule has 2 rings (SSSR count). The van der Waals surface area contributed by atoms with Crippen LogP contribution in [0, 0.1) is 5.92 Å². The van der Waals surface area contributed by atoms with Crippen molar-refractivity contribution in [3.63, 3.8) is 0 Å². The highest BCUT2D eigenvalue weighted by Gasteiger charge is 2.18. The van der Waals surface area contributed by atoms with Gasteiger partial charge in [-0.2, -0.15) is 0 Å². The van der Waals surface area contributed by atoms with Crippen LogP contribution in [0.5, 0.6) is 0 Å². The third-order valence-corrected chi connectivity index (χ3v) is 3.52. The number of pyridine rings is 1. The monoisotopic (exact) mass is 233 g/mol. The maximum Gasteiger partial charge on any atom is 0.133 e. The van der Waals surface area contributed by atoms with E-state index in [2.05, 4.69) is 35.1 Å². The van der Waals surface area contributed by atoms with Crippen LogP contribution in [0.3, 0.4) is 0 Å². The normalized spacial score (nSPS) is 17.4. The Morgan fingerprint density at radius 2 is 2.18 bits per heavy atom. The van der Waals surface area contributed by atoms with Gasteiger partial charge in [-0.1, -0.05) is 19.9 Å². The fourth-order valence-corrected chi connectivity index (χ4v) is 2.33. The lowest BCUT2D eigenvalue weighted by atomic mass is 9.99. The summed E-state index contributed by atoms with van der Waals surface area (Å²) in [6.07, 6.45) is 4.48. The van der Waals surface area contributed by atoms with E-state index in [4.69, 9.17) is 0 Å². The highest BCUT2D eigenvalue weighted by molar-refractivity contribution is 5.47. The molecule has 0 aliphatic carbocycles. The number of hydrogen-bond acceptors (Lipinski definition) is 3. The van der Waals surface area contributed by atoms with E-state index in [1.54, 1.807) is 0 Å². The summed E-state index contributed by atoms with van der Waals surface area (Å²) < 4.78 is 0. The smallest absolute Gasteiger partial charge is 0.133 e. The molecule has 0 radical (unpaired) electrons. The first-order chi connectivity index (χ1) is 8.31. The van der Waals surface area contributed by atoms with Crippen molar-refractivity contribution in [2.45, 2.75) is 33.2 Å². The van der Waals surface area contributed by atoms with Gasteiger partial charge in [-0.25, -0.2) is 4.98 Å². The summed E-state index contributed by atoms with van der Waals surface area (Å²) in [5, 5.41) is 3.39. The molecule has 0 aromatic carbocycles. The van der Waals surface area contributed by atoms with Gasteiger partial charge in [0.1, 0.15) is 5.82 Å². The molecule has 1 N–H and O–H groups in total. The lowest BCUT2D eigenvalue weighted by Crippen LogP contribution is -2.34. The molecule has 1 aliphatic rings. The molecule has 94 valence electrons. The minimum Gasteiger partial charge on any atom is -0.356 e. The second-order valence-electron chi connectivity index (χ2n) is 4.94. The molecule has 17 heavy (non-hydrogen) atoms. The molecule has 0 atom stereocenters. The molecule has 0 saturated carbocycles. The number of nitrogens with zero attached hydrogens (tertiary/aromatic N) is 2. The Labute approximate surface area is 104 Å². The Morgan fingerprint density at radius 1 is 1.41 bits per heavy atom. The third kappa shape index (κ3) is 3.19. The van der Waals surface area contributed by atoms with E-state index in [1.165, 1.54) is 24.2 Å². The quantitative estimate of drug-likeness (QED) is 0.865. The minimum atomic E-state index is 0.868. The van der Waals surface area contributed by atoms with Crippen molar-refractivity contribution >= 4 is 5.82 Å². The molecule has 2 heterocycles. The lowest BCUT2D eigenvalue weighted by Gasteiger charge is -2.32. The molecule has 1 aliphatic heterocycles. The molecule has 1 aromatic heterocycles. The Morgan fingerprint density at radius 3 is 2.88 bits per heavy atom. The number of aromatic nitrogens is 1. The summed E-state index contributed by atoms with van der Waals surface area (Å²) in [5.74, 6) is 2.05. The maximum absolute atomic E-state index is 4.57. The van der Waals surface area contributed by atoms with Crippen LogP contribution in [-0.2, 0) is 6.54 Å². The van der Waals surface area contributed by atoms with Crippen LogP contribution < -0.4 is 10.2 Å². The van der Waals surface area contributed by atoms with Crippen molar-refractivity contribution < 1.29 is 0 Å². The molecular weight excluding hydrogens is 210 g/mol. The fourth-order valence-electron chi connectivity index (χ4n) is 2.33. The van der Waals surface area contributed by atoms with Crippen LogP contribution in [0.25, 0.3) is 0 Å². The average molecular weight is 233 g/mol. The van der Waals surface area contributed by atoms with Crippen LogP contribution in [-0.4, -0.2) is 24.6 Å². The Hall–Kier alpha value is -1.09.